The van der Waals surface area contributed by atoms with Crippen molar-refractivity contribution in [1.82, 2.24) is 0 Å². The molecule has 0 aliphatic heterocycles. The second-order valence-electron chi connectivity index (χ2n) is 7.30. The summed E-state index contributed by atoms with van der Waals surface area (Å²) in [5.74, 6) is 0. The maximum absolute atomic E-state index is 10.0. The van der Waals surface area contributed by atoms with E-state index in [4.69, 9.17) is 0 Å². The molecular weight excluding hydrogens is 418 g/mol. The highest BCUT2D eigenvalue weighted by Crippen LogP contribution is 2.52. The molecule has 0 radical (unpaired) electrons. The van der Waals surface area contributed by atoms with E-state index in [1.54, 1.807) is 30.3 Å². The molecule has 0 atom stereocenters. The van der Waals surface area contributed by atoms with E-state index >= 15 is 0 Å². The fourth-order valence-corrected chi connectivity index (χ4v) is 3.90. The molecule has 0 amide bonds. The smallest absolute Gasteiger partial charge is 0.138 e. The van der Waals surface area contributed by atoms with Crippen LogP contribution >= 0.6 is 0 Å². The summed E-state index contributed by atoms with van der Waals surface area (Å²) < 4.78 is 0. The Hall–Kier alpha value is -5.67. The molecule has 0 N–H and O–H groups in total. The molecule has 1 saturated carbocycles. The Morgan fingerprint density at radius 1 is 0.471 bits per heavy atom. The van der Waals surface area contributed by atoms with Crippen molar-refractivity contribution in [1.29, 1.82) is 26.3 Å². The summed E-state index contributed by atoms with van der Waals surface area (Å²) in [6, 6.07) is 34.6. The van der Waals surface area contributed by atoms with E-state index in [2.05, 4.69) is 6.07 Å². The van der Waals surface area contributed by atoms with Crippen molar-refractivity contribution < 1.29 is 0 Å². The summed E-state index contributed by atoms with van der Waals surface area (Å²) in [4.78, 5) is 0. The third-order valence-electron chi connectivity index (χ3n) is 5.47. The summed E-state index contributed by atoms with van der Waals surface area (Å²) in [5.41, 5.74) is 4.82. The number of benzene rings is 3. The van der Waals surface area contributed by atoms with Crippen molar-refractivity contribution in [2.24, 2.45) is 0 Å². The second kappa shape index (κ2) is 9.22. The average Bonchev–Trinajstić information content (AvgIpc) is 3.61. The van der Waals surface area contributed by atoms with Crippen molar-refractivity contribution in [3.63, 3.8) is 0 Å². The van der Waals surface area contributed by atoms with E-state index in [1.807, 2.05) is 72.8 Å². The van der Waals surface area contributed by atoms with Gasteiger partial charge in [-0.25, -0.2) is 0 Å². The van der Waals surface area contributed by atoms with Crippen LogP contribution in [0, 0.1) is 56.7 Å². The number of hydrogen-bond donors (Lipinski definition) is 0. The maximum Gasteiger partial charge on any atom is 0.138 e. The lowest BCUT2D eigenvalue weighted by Gasteiger charge is -2.12. The topological polar surface area (TPSA) is 119 Å². The van der Waals surface area contributed by atoms with Gasteiger partial charge in [-0.15, -0.1) is 0 Å². The minimum Gasteiger partial charge on any atom is -0.192 e. The van der Waals surface area contributed by atoms with Crippen LogP contribution in [0.4, 0.5) is 0 Å². The Labute approximate surface area is 196 Å². The quantitative estimate of drug-likeness (QED) is 0.471. The number of allylic oxidation sites excluding steroid dienone is 6. The average molecular weight is 431 g/mol. The lowest BCUT2D eigenvalue weighted by atomic mass is 9.91. The monoisotopic (exact) mass is 431 g/mol. The lowest BCUT2D eigenvalue weighted by Crippen LogP contribution is -1.90. The number of hydrogen-bond acceptors (Lipinski definition) is 5. The lowest BCUT2D eigenvalue weighted by molar-refractivity contribution is 1.45. The third kappa shape index (κ3) is 3.73. The first-order valence-electron chi connectivity index (χ1n) is 10.2. The molecule has 0 bridgehead atoms. The normalized spacial score (nSPS) is 11.2. The third-order valence-corrected chi connectivity index (χ3v) is 5.47. The van der Waals surface area contributed by atoms with Crippen LogP contribution in [0.25, 0.3) is 27.8 Å². The van der Waals surface area contributed by atoms with Gasteiger partial charge in [-0.3, -0.25) is 0 Å². The first-order valence-corrected chi connectivity index (χ1v) is 10.2. The molecule has 154 valence electrons. The molecule has 0 aromatic heterocycles. The molecule has 5 heteroatoms. The SMILES string of the molecule is N#CC(C#N)=C1C(=C(C#N)C#N)C1=C(C#N)c1ccc(-c2ccccc2)c(-c2ccccc2)c1. The Bertz CT molecular complexity index is 1540. The fourth-order valence-electron chi connectivity index (χ4n) is 3.90. The Morgan fingerprint density at radius 2 is 0.941 bits per heavy atom. The van der Waals surface area contributed by atoms with Crippen LogP contribution in [-0.4, -0.2) is 0 Å². The second-order valence-corrected chi connectivity index (χ2v) is 7.30. The van der Waals surface area contributed by atoms with Gasteiger partial charge in [-0.2, -0.15) is 26.3 Å². The van der Waals surface area contributed by atoms with E-state index in [1.165, 1.54) is 0 Å². The molecule has 34 heavy (non-hydrogen) atoms. The van der Waals surface area contributed by atoms with Gasteiger partial charge in [0.25, 0.3) is 0 Å². The van der Waals surface area contributed by atoms with Crippen molar-refractivity contribution in [3.8, 4) is 52.6 Å². The van der Waals surface area contributed by atoms with Crippen molar-refractivity contribution in [3.05, 3.63) is 112 Å². The first-order chi connectivity index (χ1) is 16.7. The van der Waals surface area contributed by atoms with Crippen LogP contribution in [-0.2, 0) is 0 Å². The molecule has 0 heterocycles. The van der Waals surface area contributed by atoms with E-state index in [0.29, 0.717) is 11.1 Å². The molecular formula is C29H13N5. The highest BCUT2D eigenvalue weighted by molar-refractivity contribution is 6.01. The molecule has 1 aliphatic rings. The van der Waals surface area contributed by atoms with E-state index in [9.17, 15) is 26.3 Å². The van der Waals surface area contributed by atoms with E-state index in [0.717, 1.165) is 22.3 Å². The molecule has 1 aliphatic carbocycles. The molecule has 5 nitrogen and oxygen atoms in total. The van der Waals surface area contributed by atoms with Gasteiger partial charge in [-0.1, -0.05) is 72.8 Å². The van der Waals surface area contributed by atoms with Gasteiger partial charge in [0.1, 0.15) is 41.5 Å². The highest BCUT2D eigenvalue weighted by Gasteiger charge is 2.41. The van der Waals surface area contributed by atoms with Gasteiger partial charge in [0, 0.05) is 16.7 Å². The van der Waals surface area contributed by atoms with Gasteiger partial charge in [-0.05, 0) is 33.9 Å². The van der Waals surface area contributed by atoms with Crippen LogP contribution in [0.5, 0.6) is 0 Å². The van der Waals surface area contributed by atoms with Crippen LogP contribution in [0.2, 0.25) is 0 Å². The molecule has 0 saturated heterocycles. The summed E-state index contributed by atoms with van der Waals surface area (Å²) in [5, 5.41) is 47.5. The van der Waals surface area contributed by atoms with Crippen LogP contribution < -0.4 is 0 Å². The number of nitriles is 5. The number of rotatable bonds is 3. The van der Waals surface area contributed by atoms with Crippen molar-refractivity contribution in [2.75, 3.05) is 0 Å². The minimum atomic E-state index is -0.232. The zero-order chi connectivity index (χ0) is 24.1. The van der Waals surface area contributed by atoms with Gasteiger partial charge in [0.2, 0.25) is 0 Å². The first kappa shape index (κ1) is 21.6. The molecule has 0 spiro atoms. The van der Waals surface area contributed by atoms with E-state index < -0.39 is 0 Å². The van der Waals surface area contributed by atoms with Crippen LogP contribution in [0.1, 0.15) is 5.56 Å². The van der Waals surface area contributed by atoms with Crippen LogP contribution in [0.3, 0.4) is 0 Å². The zero-order valence-electron chi connectivity index (χ0n) is 17.7. The van der Waals surface area contributed by atoms with Crippen molar-refractivity contribution in [2.45, 2.75) is 0 Å². The largest absolute Gasteiger partial charge is 0.192 e. The zero-order valence-corrected chi connectivity index (χ0v) is 17.7. The van der Waals surface area contributed by atoms with E-state index in [-0.39, 0.29) is 27.9 Å². The summed E-state index contributed by atoms with van der Waals surface area (Å²) in [7, 11) is 0. The Balaban J connectivity index is 2.02. The van der Waals surface area contributed by atoms with Gasteiger partial charge in [0.05, 0.1) is 5.57 Å². The Morgan fingerprint density at radius 3 is 1.38 bits per heavy atom. The van der Waals surface area contributed by atoms with Crippen molar-refractivity contribution >= 4 is 5.57 Å². The summed E-state index contributed by atoms with van der Waals surface area (Å²) >= 11 is 0. The highest BCUT2D eigenvalue weighted by atomic mass is 14.4. The molecule has 3 aromatic rings. The predicted molar refractivity (Wildman–Crippen MR) is 126 cm³/mol. The van der Waals surface area contributed by atoms with Gasteiger partial charge < -0.3 is 0 Å². The predicted octanol–water partition coefficient (Wildman–Crippen LogP) is 6.00. The van der Waals surface area contributed by atoms with Gasteiger partial charge >= 0.3 is 0 Å². The Kier molecular flexibility index (Phi) is 5.85. The van der Waals surface area contributed by atoms with Crippen LogP contribution in [0.15, 0.2) is 107 Å². The molecule has 1 fully saturated rings. The maximum atomic E-state index is 10.0. The molecule has 4 rings (SSSR count). The standard InChI is InChI=1S/C29H13N5/c30-14-22(15-31)27-28(23(16-32)17-33)29(27)26(18-34)21-11-12-24(19-7-3-1-4-8-19)25(13-21)20-9-5-2-6-10-20/h1-13H. The molecule has 3 aromatic carbocycles. The number of nitrogens with zero attached hydrogens (tertiary/aromatic N) is 5. The minimum absolute atomic E-state index is 0.188. The van der Waals surface area contributed by atoms with Gasteiger partial charge in [0.15, 0.2) is 0 Å². The molecule has 0 unspecified atom stereocenters. The summed E-state index contributed by atoms with van der Waals surface area (Å²) in [6.07, 6.45) is 0. The summed E-state index contributed by atoms with van der Waals surface area (Å²) in [6.45, 7) is 0. The fraction of sp³-hybridized carbons (Fsp3) is 0.